The number of carbonyl (C=O) groups excluding carboxylic acids is 1. The largest absolute Gasteiger partial charge is 0.475 e. The fourth-order valence-corrected chi connectivity index (χ4v) is 2.57. The van der Waals surface area contributed by atoms with Gasteiger partial charge in [0.2, 0.25) is 5.88 Å². The first-order chi connectivity index (χ1) is 9.47. The van der Waals surface area contributed by atoms with Crippen LogP contribution in [0.15, 0.2) is 9.59 Å². The summed E-state index contributed by atoms with van der Waals surface area (Å²) in [6, 6.07) is 0. The number of aromatic amines is 1. The van der Waals surface area contributed by atoms with E-state index in [1.165, 1.54) is 11.5 Å². The first kappa shape index (κ1) is 12.9. The Bertz CT molecular complexity index is 676. The van der Waals surface area contributed by atoms with Crippen molar-refractivity contribution in [3.8, 4) is 5.88 Å². The molecule has 20 heavy (non-hydrogen) atoms. The van der Waals surface area contributed by atoms with E-state index < -0.39 is 35.7 Å². The molecule has 0 saturated carbocycles. The van der Waals surface area contributed by atoms with Crippen LogP contribution in [0.5, 0.6) is 5.88 Å². The number of aromatic nitrogens is 2. The minimum atomic E-state index is -0.607. The van der Waals surface area contributed by atoms with Gasteiger partial charge in [-0.2, -0.15) is 0 Å². The highest BCUT2D eigenvalue weighted by Gasteiger charge is 2.43. The summed E-state index contributed by atoms with van der Waals surface area (Å²) in [5.41, 5.74) is -0.745. The Hall–Kier alpha value is -2.09. The van der Waals surface area contributed by atoms with Crippen molar-refractivity contribution in [3.05, 3.63) is 26.4 Å². The fourth-order valence-electron chi connectivity index (χ4n) is 2.57. The van der Waals surface area contributed by atoms with E-state index in [1.807, 2.05) is 0 Å². The number of esters is 1. The van der Waals surface area contributed by atoms with Gasteiger partial charge in [-0.3, -0.25) is 14.6 Å². The minimum absolute atomic E-state index is 0.123. The average Bonchev–Trinajstić information content (AvgIpc) is 2.62. The van der Waals surface area contributed by atoms with Crippen molar-refractivity contribution >= 4 is 5.97 Å². The van der Waals surface area contributed by atoms with E-state index in [-0.39, 0.29) is 12.5 Å². The number of H-pyrrole nitrogens is 1. The molecule has 1 saturated heterocycles. The molecule has 3 heterocycles. The molecule has 8 heteroatoms. The predicted octanol–water partition coefficient (Wildman–Crippen LogP) is -0.543. The number of nitrogens with zero attached hydrogens (tertiary/aromatic N) is 1. The molecule has 2 bridgehead atoms. The van der Waals surface area contributed by atoms with Crippen LogP contribution in [0, 0.1) is 6.92 Å². The third kappa shape index (κ3) is 1.92. The van der Waals surface area contributed by atoms with E-state index in [0.717, 1.165) is 0 Å². The number of carbonyl (C=O) groups is 1. The van der Waals surface area contributed by atoms with Crippen LogP contribution in [0.3, 0.4) is 0 Å². The quantitative estimate of drug-likeness (QED) is 0.694. The van der Waals surface area contributed by atoms with Crippen molar-refractivity contribution in [1.29, 1.82) is 0 Å². The zero-order chi connectivity index (χ0) is 14.4. The van der Waals surface area contributed by atoms with Crippen molar-refractivity contribution in [1.82, 2.24) is 9.55 Å². The van der Waals surface area contributed by atoms with Crippen LogP contribution >= 0.6 is 0 Å². The molecule has 8 nitrogen and oxygen atoms in total. The lowest BCUT2D eigenvalue weighted by Crippen LogP contribution is -2.36. The van der Waals surface area contributed by atoms with Crippen LogP contribution in [0.2, 0.25) is 0 Å². The zero-order valence-electron chi connectivity index (χ0n) is 11.0. The maximum Gasteiger partial charge on any atom is 0.333 e. The topological polar surface area (TPSA) is 99.6 Å². The van der Waals surface area contributed by atoms with Gasteiger partial charge in [0.1, 0.15) is 25.0 Å². The van der Waals surface area contributed by atoms with E-state index in [4.69, 9.17) is 14.2 Å². The molecule has 1 N–H and O–H groups in total. The van der Waals surface area contributed by atoms with Crippen molar-refractivity contribution < 1.29 is 19.0 Å². The molecular weight excluding hydrogens is 268 g/mol. The Morgan fingerprint density at radius 3 is 2.90 bits per heavy atom. The van der Waals surface area contributed by atoms with Crippen LogP contribution in [0.4, 0.5) is 0 Å². The monoisotopic (exact) mass is 282 g/mol. The Morgan fingerprint density at radius 1 is 1.45 bits per heavy atom. The standard InChI is InChI=1S/C12H14N2O6/c1-5-10(16)13-12(17)14-9-3-7(19-6(2)15)8(20-9)4-18-11(5)14/h7-9H,3-4H2,1-2H3,(H,13,16,17). The fraction of sp³-hybridized carbons (Fsp3) is 0.583. The summed E-state index contributed by atoms with van der Waals surface area (Å²) in [5.74, 6) is -0.192. The van der Waals surface area contributed by atoms with Crippen LogP contribution in [0.25, 0.3) is 0 Å². The second kappa shape index (κ2) is 4.48. The molecule has 0 aliphatic carbocycles. The molecule has 0 aromatic carbocycles. The zero-order valence-corrected chi connectivity index (χ0v) is 11.0. The van der Waals surface area contributed by atoms with Gasteiger partial charge in [0.15, 0.2) is 0 Å². The van der Waals surface area contributed by atoms with Crippen molar-refractivity contribution in [2.75, 3.05) is 6.61 Å². The van der Waals surface area contributed by atoms with Gasteiger partial charge >= 0.3 is 11.7 Å². The van der Waals surface area contributed by atoms with E-state index in [0.29, 0.717) is 12.0 Å². The normalized spacial score (nSPS) is 27.4. The van der Waals surface area contributed by atoms with Crippen LogP contribution in [-0.2, 0) is 14.3 Å². The summed E-state index contributed by atoms with van der Waals surface area (Å²) < 4.78 is 17.6. The van der Waals surface area contributed by atoms with Gasteiger partial charge in [0.25, 0.3) is 5.56 Å². The van der Waals surface area contributed by atoms with E-state index in [1.54, 1.807) is 6.92 Å². The maximum absolute atomic E-state index is 11.9. The van der Waals surface area contributed by atoms with E-state index >= 15 is 0 Å². The van der Waals surface area contributed by atoms with Crippen molar-refractivity contribution in [2.24, 2.45) is 0 Å². The average molecular weight is 282 g/mol. The molecule has 0 radical (unpaired) electrons. The highest BCUT2D eigenvalue weighted by atomic mass is 16.6. The lowest BCUT2D eigenvalue weighted by Gasteiger charge is -2.20. The molecule has 2 aliphatic heterocycles. The smallest absolute Gasteiger partial charge is 0.333 e. The van der Waals surface area contributed by atoms with Crippen LogP contribution < -0.4 is 16.0 Å². The Kier molecular flexibility index (Phi) is 2.89. The molecule has 1 aromatic rings. The molecule has 3 unspecified atom stereocenters. The van der Waals surface area contributed by atoms with E-state index in [9.17, 15) is 14.4 Å². The van der Waals surface area contributed by atoms with Crippen molar-refractivity contribution in [3.63, 3.8) is 0 Å². The minimum Gasteiger partial charge on any atom is -0.475 e. The summed E-state index contributed by atoms with van der Waals surface area (Å²) in [7, 11) is 0. The van der Waals surface area contributed by atoms with Crippen LogP contribution in [-0.4, -0.2) is 34.3 Å². The second-order valence-electron chi connectivity index (χ2n) is 4.88. The summed E-state index contributed by atoms with van der Waals surface area (Å²) in [4.78, 5) is 36.8. The first-order valence-corrected chi connectivity index (χ1v) is 6.28. The summed E-state index contributed by atoms with van der Waals surface area (Å²) in [6.45, 7) is 3.02. The highest BCUT2D eigenvalue weighted by molar-refractivity contribution is 5.66. The molecule has 108 valence electrons. The Labute approximate surface area is 113 Å². The summed E-state index contributed by atoms with van der Waals surface area (Å²) in [6.07, 6.45) is -1.15. The molecule has 3 atom stereocenters. The molecule has 3 rings (SSSR count). The number of ether oxygens (including phenoxy) is 3. The molecule has 0 amide bonds. The van der Waals surface area contributed by atoms with Crippen LogP contribution in [0.1, 0.15) is 25.1 Å². The Balaban J connectivity index is 2.03. The molecule has 1 fully saturated rings. The molecule has 1 aromatic heterocycles. The number of fused-ring (bicyclic) bond motifs is 4. The van der Waals surface area contributed by atoms with Gasteiger partial charge in [-0.1, -0.05) is 0 Å². The summed E-state index contributed by atoms with van der Waals surface area (Å²) in [5, 5.41) is 0. The van der Waals surface area contributed by atoms with E-state index in [2.05, 4.69) is 4.98 Å². The third-order valence-electron chi connectivity index (χ3n) is 3.49. The molecule has 0 spiro atoms. The van der Waals surface area contributed by atoms with Gasteiger partial charge in [-0.15, -0.1) is 0 Å². The van der Waals surface area contributed by atoms with Gasteiger partial charge < -0.3 is 14.2 Å². The SMILES string of the molecule is CC(=O)OC1CC2OC1COc1c(C)c(=O)[nH]c(=O)n12. The number of hydrogen-bond donors (Lipinski definition) is 1. The molecular formula is C12H14N2O6. The lowest BCUT2D eigenvalue weighted by atomic mass is 10.1. The number of hydrogen-bond acceptors (Lipinski definition) is 6. The number of rotatable bonds is 1. The van der Waals surface area contributed by atoms with Gasteiger partial charge in [-0.05, 0) is 6.92 Å². The highest BCUT2D eigenvalue weighted by Crippen LogP contribution is 2.35. The third-order valence-corrected chi connectivity index (χ3v) is 3.49. The van der Waals surface area contributed by atoms with Crippen molar-refractivity contribution in [2.45, 2.75) is 38.7 Å². The van der Waals surface area contributed by atoms with Gasteiger partial charge in [0, 0.05) is 13.3 Å². The number of nitrogens with one attached hydrogen (secondary N) is 1. The Morgan fingerprint density at radius 2 is 2.20 bits per heavy atom. The lowest BCUT2D eigenvalue weighted by molar-refractivity contribution is -0.149. The summed E-state index contributed by atoms with van der Waals surface area (Å²) >= 11 is 0. The predicted molar refractivity (Wildman–Crippen MR) is 65.6 cm³/mol. The van der Waals surface area contributed by atoms with Gasteiger partial charge in [-0.25, -0.2) is 9.36 Å². The first-order valence-electron chi connectivity index (χ1n) is 6.28. The van der Waals surface area contributed by atoms with Gasteiger partial charge in [0.05, 0.1) is 5.56 Å². The molecule has 2 aliphatic rings. The maximum atomic E-state index is 11.9. The second-order valence-corrected chi connectivity index (χ2v) is 4.88.